The lowest BCUT2D eigenvalue weighted by Gasteiger charge is -2.01. The number of carboxylic acid groups (broad SMARTS) is 1. The molecule has 0 heterocycles. The van der Waals surface area contributed by atoms with Crippen molar-refractivity contribution in [3.8, 4) is 0 Å². The summed E-state index contributed by atoms with van der Waals surface area (Å²) in [6.45, 7) is 9.10. The third-order valence-electron chi connectivity index (χ3n) is 3.03. The third-order valence-corrected chi connectivity index (χ3v) is 3.03. The zero-order valence-corrected chi connectivity index (χ0v) is 12.8. The molecule has 0 bridgehead atoms. The molecule has 2 heteroatoms. The van der Waals surface area contributed by atoms with Gasteiger partial charge < -0.3 is 5.11 Å². The molecule has 0 spiro atoms. The summed E-state index contributed by atoms with van der Waals surface area (Å²) in [7, 11) is 0. The van der Waals surface area contributed by atoms with Crippen LogP contribution in [-0.4, -0.2) is 11.1 Å². The minimum atomic E-state index is -0.981. The molecule has 2 nitrogen and oxygen atoms in total. The first-order valence-electron chi connectivity index (χ1n) is 7.83. The van der Waals surface area contributed by atoms with E-state index in [9.17, 15) is 4.79 Å². The fourth-order valence-electron chi connectivity index (χ4n) is 1.84. The Hall–Kier alpha value is -0.790. The van der Waals surface area contributed by atoms with E-state index in [1.54, 1.807) is 0 Å². The molecule has 113 valence electrons. The van der Waals surface area contributed by atoms with Crippen molar-refractivity contribution in [3.05, 3.63) is 19.6 Å². The van der Waals surface area contributed by atoms with Crippen molar-refractivity contribution >= 4 is 5.97 Å². The molecular weight excluding hydrogens is 236 g/mol. The number of aliphatic carboxylic acids is 1. The summed E-state index contributed by atoms with van der Waals surface area (Å²) in [5, 5.41) is 7.60. The Morgan fingerprint density at radius 1 is 0.895 bits per heavy atom. The molecule has 1 N–H and O–H groups in total. The second-order valence-corrected chi connectivity index (χ2v) is 4.93. The average Bonchev–Trinajstić information content (AvgIpc) is 2.41. The van der Waals surface area contributed by atoms with Crippen LogP contribution in [-0.2, 0) is 4.79 Å². The topological polar surface area (TPSA) is 37.3 Å². The lowest BCUT2D eigenvalue weighted by atomic mass is 10.1. The van der Waals surface area contributed by atoms with E-state index in [0.29, 0.717) is 0 Å². The van der Waals surface area contributed by atoms with E-state index in [0.717, 1.165) is 12.5 Å². The Labute approximate surface area is 120 Å². The summed E-state index contributed by atoms with van der Waals surface area (Å²) in [6, 6.07) is 0. The molecule has 0 unspecified atom stereocenters. The van der Waals surface area contributed by atoms with Crippen LogP contribution in [0, 0.1) is 6.92 Å². The molecule has 0 aliphatic heterocycles. The lowest BCUT2D eigenvalue weighted by Crippen LogP contribution is -1.82. The number of unbranched alkanes of at least 4 members (excludes halogenated alkanes) is 11. The summed E-state index contributed by atoms with van der Waals surface area (Å²) in [4.78, 5) is 9.25. The summed E-state index contributed by atoms with van der Waals surface area (Å²) < 4.78 is 0. The highest BCUT2D eigenvalue weighted by Gasteiger charge is 1.91. The van der Waals surface area contributed by atoms with Crippen LogP contribution in [0.3, 0.4) is 0 Å². The highest BCUT2D eigenvalue weighted by molar-refractivity contribution is 5.78. The molecule has 19 heavy (non-hydrogen) atoms. The van der Waals surface area contributed by atoms with Gasteiger partial charge in [0.25, 0.3) is 0 Å². The van der Waals surface area contributed by atoms with Gasteiger partial charge >= 0.3 is 5.97 Å². The number of hydrogen-bond acceptors (Lipinski definition) is 1. The molecule has 0 saturated carbocycles. The summed E-state index contributed by atoms with van der Waals surface area (Å²) >= 11 is 0. The number of rotatable bonds is 12. The fraction of sp³-hybridized carbons (Fsp3) is 0.765. The monoisotopic (exact) mass is 269 g/mol. The van der Waals surface area contributed by atoms with E-state index in [4.69, 9.17) is 5.11 Å². The van der Waals surface area contributed by atoms with Crippen molar-refractivity contribution in [1.29, 1.82) is 0 Å². The van der Waals surface area contributed by atoms with Crippen molar-refractivity contribution in [2.24, 2.45) is 0 Å². The van der Waals surface area contributed by atoms with Gasteiger partial charge in [0, 0.05) is 6.08 Å². The van der Waals surface area contributed by atoms with E-state index in [1.165, 1.54) is 70.6 Å². The molecule has 0 aromatic rings. The number of carbonyl (C=O) groups is 1. The zero-order chi connectivity index (χ0) is 14.8. The van der Waals surface area contributed by atoms with E-state index in [-0.39, 0.29) is 0 Å². The molecule has 0 aromatic carbocycles. The predicted molar refractivity (Wildman–Crippen MR) is 84.3 cm³/mol. The molecule has 0 amide bonds. The molecule has 0 aliphatic carbocycles. The van der Waals surface area contributed by atoms with Crippen LogP contribution in [0.4, 0.5) is 0 Å². The van der Waals surface area contributed by atoms with Gasteiger partial charge in [0.1, 0.15) is 0 Å². The minimum Gasteiger partial charge on any atom is -0.478 e. The van der Waals surface area contributed by atoms with Gasteiger partial charge in [0.05, 0.1) is 0 Å². The van der Waals surface area contributed by atoms with E-state index in [1.807, 2.05) is 0 Å². The van der Waals surface area contributed by atoms with Crippen LogP contribution < -0.4 is 0 Å². The van der Waals surface area contributed by atoms with Gasteiger partial charge in [-0.05, 0) is 0 Å². The normalized spacial score (nSPS) is 9.58. The van der Waals surface area contributed by atoms with Crippen LogP contribution in [0.2, 0.25) is 0 Å². The summed E-state index contributed by atoms with van der Waals surface area (Å²) in [5.41, 5.74) is 0. The first kappa shape index (κ1) is 20.5. The summed E-state index contributed by atoms with van der Waals surface area (Å²) in [6.07, 6.45) is 17.7. The van der Waals surface area contributed by atoms with Gasteiger partial charge in [-0.25, -0.2) is 4.79 Å². The van der Waals surface area contributed by atoms with Crippen molar-refractivity contribution in [2.45, 2.75) is 84.0 Å². The lowest BCUT2D eigenvalue weighted by molar-refractivity contribution is -0.131. The van der Waals surface area contributed by atoms with Gasteiger partial charge in [-0.15, -0.1) is 0 Å². The highest BCUT2D eigenvalue weighted by atomic mass is 16.4. The van der Waals surface area contributed by atoms with Crippen molar-refractivity contribution < 1.29 is 9.90 Å². The smallest absolute Gasteiger partial charge is 0.327 e. The number of hydrogen-bond donors (Lipinski definition) is 1. The van der Waals surface area contributed by atoms with Crippen molar-refractivity contribution in [3.63, 3.8) is 0 Å². The number of carboxylic acids is 1. The van der Waals surface area contributed by atoms with E-state index in [2.05, 4.69) is 20.4 Å². The van der Waals surface area contributed by atoms with Crippen LogP contribution in [0.5, 0.6) is 0 Å². The minimum absolute atomic E-state index is 0.833. The molecule has 1 radical (unpaired) electrons. The standard InChI is InChI=1S/C14H29.C3H4O2/c1-3-5-7-9-11-13-14-12-10-8-6-4-2;1-2-3(4)5/h1,3-14H2,2H3;2H,1H2,(H,4,5). The van der Waals surface area contributed by atoms with Crippen LogP contribution >= 0.6 is 0 Å². The van der Waals surface area contributed by atoms with Crippen molar-refractivity contribution in [1.82, 2.24) is 0 Å². The molecule has 0 atom stereocenters. The Morgan fingerprint density at radius 3 is 1.47 bits per heavy atom. The fourth-order valence-corrected chi connectivity index (χ4v) is 1.84. The Kier molecular flexibility index (Phi) is 21.1. The SMILES string of the molecule is C=CC(=O)O.[CH2]CCCCCCCCCCCCC. The molecular formula is C17H33O2. The van der Waals surface area contributed by atoms with Gasteiger partial charge in [0.2, 0.25) is 0 Å². The first-order valence-corrected chi connectivity index (χ1v) is 7.83. The molecule has 0 fully saturated rings. The second kappa shape index (κ2) is 19.5. The maximum absolute atomic E-state index is 9.25. The average molecular weight is 269 g/mol. The second-order valence-electron chi connectivity index (χ2n) is 4.93. The molecule has 0 aliphatic rings. The zero-order valence-electron chi connectivity index (χ0n) is 12.8. The molecule has 0 aromatic heterocycles. The van der Waals surface area contributed by atoms with Gasteiger partial charge in [-0.2, -0.15) is 0 Å². The van der Waals surface area contributed by atoms with Gasteiger partial charge in [-0.1, -0.05) is 97.5 Å². The Bertz CT molecular complexity index is 176. The van der Waals surface area contributed by atoms with Crippen LogP contribution in [0.15, 0.2) is 12.7 Å². The van der Waals surface area contributed by atoms with Gasteiger partial charge in [-0.3, -0.25) is 0 Å². The first-order chi connectivity index (χ1) is 9.18. The van der Waals surface area contributed by atoms with Crippen LogP contribution in [0.25, 0.3) is 0 Å². The Morgan fingerprint density at radius 2 is 1.21 bits per heavy atom. The maximum atomic E-state index is 9.25. The summed E-state index contributed by atoms with van der Waals surface area (Å²) in [5.74, 6) is -0.981. The van der Waals surface area contributed by atoms with E-state index < -0.39 is 5.97 Å². The molecule has 0 saturated heterocycles. The predicted octanol–water partition coefficient (Wildman–Crippen LogP) is 5.78. The third kappa shape index (κ3) is 26.7. The van der Waals surface area contributed by atoms with E-state index >= 15 is 0 Å². The molecule has 0 rings (SSSR count). The van der Waals surface area contributed by atoms with Crippen LogP contribution in [0.1, 0.15) is 84.0 Å². The highest BCUT2D eigenvalue weighted by Crippen LogP contribution is 2.11. The quantitative estimate of drug-likeness (QED) is 0.360. The largest absolute Gasteiger partial charge is 0.478 e. The Balaban J connectivity index is 0. The van der Waals surface area contributed by atoms with Crippen molar-refractivity contribution in [2.75, 3.05) is 0 Å². The maximum Gasteiger partial charge on any atom is 0.327 e. The van der Waals surface area contributed by atoms with Gasteiger partial charge in [0.15, 0.2) is 0 Å².